The normalized spacial score (nSPS) is 11.3. The van der Waals surface area contributed by atoms with Gasteiger partial charge in [-0.15, -0.1) is 0 Å². The second kappa shape index (κ2) is 6.12. The molecule has 0 aliphatic rings. The topological polar surface area (TPSA) is 102 Å². The molecule has 1 aromatic carbocycles. The van der Waals surface area contributed by atoms with Crippen LogP contribution in [0.2, 0.25) is 0 Å². The zero-order valence-corrected chi connectivity index (χ0v) is 13.1. The zero-order valence-electron chi connectivity index (χ0n) is 13.1. The van der Waals surface area contributed by atoms with Crippen molar-refractivity contribution < 1.29 is 19.7 Å². The first kappa shape index (κ1) is 16.5. The third kappa shape index (κ3) is 3.50. The van der Waals surface area contributed by atoms with E-state index in [9.17, 15) is 14.7 Å². The minimum Gasteiger partial charge on any atom is -0.503 e. The number of aromatic hydroxyl groups is 1. The van der Waals surface area contributed by atoms with Crippen molar-refractivity contribution in [3.63, 3.8) is 0 Å². The van der Waals surface area contributed by atoms with E-state index in [2.05, 4.69) is 5.10 Å². The third-order valence-electron chi connectivity index (χ3n) is 3.58. The summed E-state index contributed by atoms with van der Waals surface area (Å²) in [5.74, 6) is -1.37. The van der Waals surface area contributed by atoms with Crippen LogP contribution in [-0.4, -0.2) is 33.1 Å². The number of rotatable bonds is 5. The molecule has 2 rings (SSSR count). The number of carboxylic acid groups (broad SMARTS) is 1. The van der Waals surface area contributed by atoms with Gasteiger partial charge in [0.1, 0.15) is 5.75 Å². The molecule has 23 heavy (non-hydrogen) atoms. The van der Waals surface area contributed by atoms with E-state index < -0.39 is 28.3 Å². The number of hydrogen-bond acceptors (Lipinski definition) is 5. The van der Waals surface area contributed by atoms with Crippen LogP contribution < -0.4 is 10.2 Å². The van der Waals surface area contributed by atoms with Crippen LogP contribution in [0.4, 0.5) is 0 Å². The fraction of sp³-hybridized carbons (Fsp3) is 0.312. The molecule has 7 heteroatoms. The second-order valence-electron chi connectivity index (χ2n) is 5.81. The van der Waals surface area contributed by atoms with Crippen molar-refractivity contribution in [3.8, 4) is 11.5 Å². The Morgan fingerprint density at radius 2 is 1.91 bits per heavy atom. The first-order valence-corrected chi connectivity index (χ1v) is 6.93. The van der Waals surface area contributed by atoms with Crippen LogP contribution in [0.5, 0.6) is 11.5 Å². The maximum atomic E-state index is 11.5. The Hall–Kier alpha value is -2.83. The lowest BCUT2D eigenvalue weighted by molar-refractivity contribution is 0.0684. The molecule has 2 aromatic rings. The minimum atomic E-state index is -1.47. The molecule has 7 nitrogen and oxygen atoms in total. The molecule has 0 unspecified atom stereocenters. The quantitative estimate of drug-likeness (QED) is 0.869. The average molecular weight is 318 g/mol. The number of ether oxygens (including phenoxy) is 1. The Kier molecular flexibility index (Phi) is 4.40. The fourth-order valence-corrected chi connectivity index (χ4v) is 2.28. The van der Waals surface area contributed by atoms with Crippen LogP contribution in [0.3, 0.4) is 0 Å². The van der Waals surface area contributed by atoms with Gasteiger partial charge in [0.15, 0.2) is 5.75 Å². The highest BCUT2D eigenvalue weighted by molar-refractivity contribution is 5.85. The molecule has 0 saturated carbocycles. The number of carboxylic acids is 1. The van der Waals surface area contributed by atoms with Gasteiger partial charge in [-0.3, -0.25) is 9.48 Å². The molecule has 0 saturated heterocycles. The van der Waals surface area contributed by atoms with E-state index in [0.29, 0.717) is 0 Å². The highest BCUT2D eigenvalue weighted by Gasteiger charge is 2.23. The third-order valence-corrected chi connectivity index (χ3v) is 3.58. The van der Waals surface area contributed by atoms with Gasteiger partial charge in [0.05, 0.1) is 19.9 Å². The van der Waals surface area contributed by atoms with Crippen molar-refractivity contribution in [1.82, 2.24) is 9.78 Å². The van der Waals surface area contributed by atoms with E-state index in [1.54, 1.807) is 7.11 Å². The predicted octanol–water partition coefficient (Wildman–Crippen LogP) is 1.63. The molecule has 1 aromatic heterocycles. The summed E-state index contributed by atoms with van der Waals surface area (Å²) >= 11 is 0. The summed E-state index contributed by atoms with van der Waals surface area (Å²) in [5.41, 5.74) is -1.11. The molecule has 0 radical (unpaired) electrons. The molecule has 0 aliphatic heterocycles. The highest BCUT2D eigenvalue weighted by Crippen LogP contribution is 2.27. The maximum Gasteiger partial charge on any atom is 0.360 e. The zero-order chi connectivity index (χ0) is 17.2. The van der Waals surface area contributed by atoms with Gasteiger partial charge in [-0.1, -0.05) is 26.0 Å². The molecule has 0 fully saturated rings. The van der Waals surface area contributed by atoms with Crippen LogP contribution in [0.1, 0.15) is 29.9 Å². The summed E-state index contributed by atoms with van der Waals surface area (Å²) in [4.78, 5) is 22.6. The van der Waals surface area contributed by atoms with Crippen molar-refractivity contribution >= 4 is 5.97 Å². The number of benzene rings is 1. The summed E-state index contributed by atoms with van der Waals surface area (Å²) in [5, 5.41) is 22.4. The standard InChI is InChI=1S/C16H18N2O5/c1-16(2,10-4-6-11(23-3)7-5-10)9-18-8-12(19)14(20)13(17-18)15(21)22/h4-8,19H,9H2,1-3H3,(H,21,22). The van der Waals surface area contributed by atoms with Crippen LogP contribution in [-0.2, 0) is 12.0 Å². The molecule has 0 aliphatic carbocycles. The van der Waals surface area contributed by atoms with Crippen molar-refractivity contribution in [2.45, 2.75) is 25.8 Å². The molecule has 0 atom stereocenters. The number of methoxy groups -OCH3 is 1. The first-order valence-electron chi connectivity index (χ1n) is 6.93. The molecule has 1 heterocycles. The lowest BCUT2D eigenvalue weighted by Gasteiger charge is -2.26. The molecule has 2 N–H and O–H groups in total. The van der Waals surface area contributed by atoms with E-state index >= 15 is 0 Å². The van der Waals surface area contributed by atoms with Gasteiger partial charge < -0.3 is 14.9 Å². The maximum absolute atomic E-state index is 11.5. The van der Waals surface area contributed by atoms with Gasteiger partial charge in [0.2, 0.25) is 5.69 Å². The van der Waals surface area contributed by atoms with Crippen LogP contribution in [0, 0.1) is 0 Å². The highest BCUT2D eigenvalue weighted by atomic mass is 16.5. The largest absolute Gasteiger partial charge is 0.503 e. The molecule has 0 bridgehead atoms. The molecule has 0 spiro atoms. The average Bonchev–Trinajstić information content (AvgIpc) is 2.50. The van der Waals surface area contributed by atoms with E-state index in [4.69, 9.17) is 9.84 Å². The summed E-state index contributed by atoms with van der Waals surface area (Å²) in [6, 6.07) is 7.46. The van der Waals surface area contributed by atoms with Gasteiger partial charge in [0, 0.05) is 5.41 Å². The van der Waals surface area contributed by atoms with Gasteiger partial charge in [-0.2, -0.15) is 5.10 Å². The molecular weight excluding hydrogens is 300 g/mol. The monoisotopic (exact) mass is 318 g/mol. The van der Waals surface area contributed by atoms with E-state index in [0.717, 1.165) is 17.5 Å². The summed E-state index contributed by atoms with van der Waals surface area (Å²) in [7, 11) is 1.58. The van der Waals surface area contributed by atoms with Crippen LogP contribution in [0.15, 0.2) is 35.3 Å². The second-order valence-corrected chi connectivity index (χ2v) is 5.81. The van der Waals surface area contributed by atoms with E-state index in [1.807, 2.05) is 38.1 Å². The van der Waals surface area contributed by atoms with Crippen molar-refractivity contribution in [3.05, 3.63) is 51.9 Å². The van der Waals surface area contributed by atoms with E-state index in [1.165, 1.54) is 4.68 Å². The Morgan fingerprint density at radius 1 is 1.30 bits per heavy atom. The Balaban J connectivity index is 2.36. The molecule has 122 valence electrons. The number of hydrogen-bond donors (Lipinski definition) is 2. The lowest BCUT2D eigenvalue weighted by Crippen LogP contribution is -2.29. The van der Waals surface area contributed by atoms with Crippen LogP contribution >= 0.6 is 0 Å². The van der Waals surface area contributed by atoms with E-state index in [-0.39, 0.29) is 6.54 Å². The minimum absolute atomic E-state index is 0.285. The predicted molar refractivity (Wildman–Crippen MR) is 83.1 cm³/mol. The summed E-state index contributed by atoms with van der Waals surface area (Å²) in [6.45, 7) is 4.19. The lowest BCUT2D eigenvalue weighted by atomic mass is 9.84. The molecule has 0 amide bonds. The summed E-state index contributed by atoms with van der Waals surface area (Å²) < 4.78 is 6.39. The fourth-order valence-electron chi connectivity index (χ4n) is 2.28. The van der Waals surface area contributed by atoms with Crippen molar-refractivity contribution in [1.29, 1.82) is 0 Å². The van der Waals surface area contributed by atoms with Gasteiger partial charge in [-0.05, 0) is 17.7 Å². The first-order chi connectivity index (χ1) is 10.7. The molecular formula is C16H18N2O5. The number of carbonyl (C=O) groups is 1. The number of aromatic carboxylic acids is 1. The number of aromatic nitrogens is 2. The van der Waals surface area contributed by atoms with Gasteiger partial charge >= 0.3 is 5.97 Å². The SMILES string of the molecule is COc1ccc(C(C)(C)Cn2cc(O)c(=O)c(C(=O)O)n2)cc1. The summed E-state index contributed by atoms with van der Waals surface area (Å²) in [6.07, 6.45) is 1.14. The smallest absolute Gasteiger partial charge is 0.360 e. The Bertz CT molecular complexity index is 778. The number of nitrogens with zero attached hydrogens (tertiary/aromatic N) is 2. The van der Waals surface area contributed by atoms with Gasteiger partial charge in [-0.25, -0.2) is 4.79 Å². The van der Waals surface area contributed by atoms with Crippen molar-refractivity contribution in [2.75, 3.05) is 7.11 Å². The Morgan fingerprint density at radius 3 is 2.43 bits per heavy atom. The van der Waals surface area contributed by atoms with Crippen molar-refractivity contribution in [2.24, 2.45) is 0 Å². The Labute approximate surface area is 132 Å². The van der Waals surface area contributed by atoms with Crippen LogP contribution in [0.25, 0.3) is 0 Å². The van der Waals surface area contributed by atoms with Gasteiger partial charge in [0.25, 0.3) is 5.43 Å².